The van der Waals surface area contributed by atoms with Gasteiger partial charge >= 0.3 is 0 Å². The van der Waals surface area contributed by atoms with E-state index < -0.39 is 5.60 Å². The maximum Gasteiger partial charge on any atom is 0.224 e. The summed E-state index contributed by atoms with van der Waals surface area (Å²) in [6.07, 6.45) is 5.77. The highest BCUT2D eigenvalue weighted by Crippen LogP contribution is 2.22. The van der Waals surface area contributed by atoms with Crippen molar-refractivity contribution >= 4 is 5.91 Å². The van der Waals surface area contributed by atoms with E-state index in [9.17, 15) is 9.90 Å². The number of hydrogen-bond donors (Lipinski definition) is 2. The van der Waals surface area contributed by atoms with Gasteiger partial charge in [0.2, 0.25) is 5.91 Å². The average molecular weight is 289 g/mol. The molecule has 1 aliphatic carbocycles. The molecule has 1 aromatic rings. The Morgan fingerprint density at radius 1 is 1.29 bits per heavy atom. The molecule has 0 bridgehead atoms. The van der Waals surface area contributed by atoms with Gasteiger partial charge in [-0.15, -0.1) is 0 Å². The largest absolute Gasteiger partial charge is 0.386 e. The molecule has 114 valence electrons. The predicted octanol–water partition coefficient (Wildman–Crippen LogP) is 1.38. The first kappa shape index (κ1) is 14.5. The van der Waals surface area contributed by atoms with E-state index in [1.807, 2.05) is 0 Å². The fraction of sp³-hybridized carbons (Fsp3) is 0.588. The lowest BCUT2D eigenvalue weighted by Gasteiger charge is -2.21. The molecule has 0 aromatic heterocycles. The minimum atomic E-state index is -0.883. The van der Waals surface area contributed by atoms with Gasteiger partial charge in [-0.3, -0.25) is 4.79 Å². The number of nitrogens with one attached hydrogen (secondary N) is 1. The summed E-state index contributed by atoms with van der Waals surface area (Å²) in [6, 6.07) is 6.38. The molecule has 1 heterocycles. The molecular formula is C17H23NO3. The van der Waals surface area contributed by atoms with E-state index in [0.717, 1.165) is 18.4 Å². The highest BCUT2D eigenvalue weighted by molar-refractivity contribution is 5.78. The van der Waals surface area contributed by atoms with Gasteiger partial charge in [0.15, 0.2) is 0 Å². The first-order valence-corrected chi connectivity index (χ1v) is 7.82. The number of aliphatic hydroxyl groups is 1. The van der Waals surface area contributed by atoms with Crippen molar-refractivity contribution in [2.45, 2.75) is 44.1 Å². The van der Waals surface area contributed by atoms with Crippen molar-refractivity contribution < 1.29 is 14.6 Å². The van der Waals surface area contributed by atoms with E-state index in [4.69, 9.17) is 4.74 Å². The third-order valence-corrected chi connectivity index (χ3v) is 4.47. The summed E-state index contributed by atoms with van der Waals surface area (Å²) < 4.78 is 5.17. The summed E-state index contributed by atoms with van der Waals surface area (Å²) in [7, 11) is 0. The molecule has 1 amide bonds. The van der Waals surface area contributed by atoms with Gasteiger partial charge < -0.3 is 15.2 Å². The van der Waals surface area contributed by atoms with Gasteiger partial charge in [-0.2, -0.15) is 0 Å². The van der Waals surface area contributed by atoms with Crippen molar-refractivity contribution in [3.8, 4) is 0 Å². The van der Waals surface area contributed by atoms with Gasteiger partial charge in [0.05, 0.1) is 13.0 Å². The third-order valence-electron chi connectivity index (χ3n) is 4.47. The molecule has 2 aliphatic rings. The molecule has 2 N–H and O–H groups in total. The number of hydrogen-bond acceptors (Lipinski definition) is 3. The summed E-state index contributed by atoms with van der Waals surface area (Å²) in [5.41, 5.74) is 3.01. The van der Waals surface area contributed by atoms with Crippen LogP contribution in [0.25, 0.3) is 0 Å². The molecular weight excluding hydrogens is 266 g/mol. The van der Waals surface area contributed by atoms with Gasteiger partial charge in [0, 0.05) is 19.6 Å². The van der Waals surface area contributed by atoms with Crippen LogP contribution in [0, 0.1) is 0 Å². The van der Waals surface area contributed by atoms with Crippen LogP contribution in [0.4, 0.5) is 0 Å². The second-order valence-electron chi connectivity index (χ2n) is 6.29. The van der Waals surface area contributed by atoms with E-state index in [1.54, 1.807) is 0 Å². The number of carbonyl (C=O) groups excluding carboxylic acids is 1. The number of amides is 1. The second-order valence-corrected chi connectivity index (χ2v) is 6.29. The molecule has 0 spiro atoms. The minimum Gasteiger partial charge on any atom is -0.386 e. The Bertz CT molecular complexity index is 521. The van der Waals surface area contributed by atoms with Gasteiger partial charge in [0.1, 0.15) is 5.60 Å². The molecule has 4 nitrogen and oxygen atoms in total. The molecule has 1 aromatic carbocycles. The zero-order chi connectivity index (χ0) is 14.7. The van der Waals surface area contributed by atoms with Crippen LogP contribution in [0.5, 0.6) is 0 Å². The van der Waals surface area contributed by atoms with E-state index in [0.29, 0.717) is 26.1 Å². The lowest BCUT2D eigenvalue weighted by molar-refractivity contribution is -0.121. The molecule has 0 saturated carbocycles. The van der Waals surface area contributed by atoms with E-state index in [-0.39, 0.29) is 12.5 Å². The second kappa shape index (κ2) is 6.16. The Balaban J connectivity index is 1.55. The number of carbonyl (C=O) groups is 1. The van der Waals surface area contributed by atoms with Crippen LogP contribution < -0.4 is 5.32 Å². The molecule has 1 fully saturated rings. The van der Waals surface area contributed by atoms with E-state index in [1.165, 1.54) is 24.0 Å². The first-order valence-electron chi connectivity index (χ1n) is 7.82. The number of benzene rings is 1. The molecule has 0 radical (unpaired) electrons. The maximum atomic E-state index is 12.0. The topological polar surface area (TPSA) is 58.6 Å². The Hall–Kier alpha value is -1.39. The van der Waals surface area contributed by atoms with Gasteiger partial charge in [-0.25, -0.2) is 0 Å². The quantitative estimate of drug-likeness (QED) is 0.880. The smallest absolute Gasteiger partial charge is 0.224 e. The Morgan fingerprint density at radius 2 is 2.10 bits per heavy atom. The molecule has 1 aliphatic heterocycles. The van der Waals surface area contributed by atoms with Crippen molar-refractivity contribution in [1.82, 2.24) is 5.32 Å². The Kier molecular flexibility index (Phi) is 4.27. The zero-order valence-corrected chi connectivity index (χ0v) is 12.4. The predicted molar refractivity (Wildman–Crippen MR) is 80.2 cm³/mol. The molecule has 3 rings (SSSR count). The lowest BCUT2D eigenvalue weighted by Crippen LogP contribution is -2.43. The number of ether oxygens (including phenoxy) is 1. The summed E-state index contributed by atoms with van der Waals surface area (Å²) in [5, 5.41) is 12.9. The summed E-state index contributed by atoms with van der Waals surface area (Å²) in [6.45, 7) is 1.15. The van der Waals surface area contributed by atoms with Crippen molar-refractivity contribution in [2.75, 3.05) is 19.8 Å². The summed E-state index contributed by atoms with van der Waals surface area (Å²) in [5.74, 6) is -0.0360. The molecule has 1 saturated heterocycles. The van der Waals surface area contributed by atoms with Crippen molar-refractivity contribution in [2.24, 2.45) is 0 Å². The lowest BCUT2D eigenvalue weighted by atomic mass is 9.90. The van der Waals surface area contributed by atoms with Crippen LogP contribution in [-0.2, 0) is 28.8 Å². The standard InChI is InChI=1S/C17H23NO3/c19-16(18-11-17(20)7-8-21-12-17)10-13-5-6-14-3-1-2-4-15(14)9-13/h5-6,9,20H,1-4,7-8,10-12H2,(H,18,19). The van der Waals surface area contributed by atoms with Crippen molar-refractivity contribution in [1.29, 1.82) is 0 Å². The van der Waals surface area contributed by atoms with E-state index >= 15 is 0 Å². The van der Waals surface area contributed by atoms with Crippen molar-refractivity contribution in [3.05, 3.63) is 34.9 Å². The van der Waals surface area contributed by atoms with Crippen LogP contribution in [-0.4, -0.2) is 36.4 Å². The average Bonchev–Trinajstić information content (AvgIpc) is 2.92. The number of fused-ring (bicyclic) bond motifs is 1. The highest BCUT2D eigenvalue weighted by atomic mass is 16.5. The molecule has 1 unspecified atom stereocenters. The highest BCUT2D eigenvalue weighted by Gasteiger charge is 2.32. The summed E-state index contributed by atoms with van der Waals surface area (Å²) in [4.78, 5) is 12.0. The Labute approximate surface area is 125 Å². The van der Waals surface area contributed by atoms with Crippen LogP contribution in [0.3, 0.4) is 0 Å². The van der Waals surface area contributed by atoms with Crippen LogP contribution in [0.2, 0.25) is 0 Å². The van der Waals surface area contributed by atoms with Crippen LogP contribution in [0.15, 0.2) is 18.2 Å². The van der Waals surface area contributed by atoms with Crippen molar-refractivity contribution in [3.63, 3.8) is 0 Å². The van der Waals surface area contributed by atoms with Gasteiger partial charge in [-0.1, -0.05) is 18.2 Å². The van der Waals surface area contributed by atoms with E-state index in [2.05, 4.69) is 23.5 Å². The zero-order valence-electron chi connectivity index (χ0n) is 12.4. The van der Waals surface area contributed by atoms with Gasteiger partial charge in [0.25, 0.3) is 0 Å². The Morgan fingerprint density at radius 3 is 2.86 bits per heavy atom. The summed E-state index contributed by atoms with van der Waals surface area (Å²) >= 11 is 0. The first-order chi connectivity index (χ1) is 10.1. The van der Waals surface area contributed by atoms with Gasteiger partial charge in [-0.05, 0) is 42.4 Å². The van der Waals surface area contributed by atoms with Crippen LogP contribution >= 0.6 is 0 Å². The fourth-order valence-electron chi connectivity index (χ4n) is 3.14. The molecule has 4 heteroatoms. The minimum absolute atomic E-state index is 0.0360. The van der Waals surface area contributed by atoms with Crippen LogP contribution in [0.1, 0.15) is 36.0 Å². The third kappa shape index (κ3) is 3.63. The monoisotopic (exact) mass is 289 g/mol. The molecule has 21 heavy (non-hydrogen) atoms. The number of rotatable bonds is 4. The normalized spacial score (nSPS) is 24.6. The maximum absolute atomic E-state index is 12.0. The molecule has 1 atom stereocenters. The SMILES string of the molecule is O=C(Cc1ccc2c(c1)CCCC2)NCC1(O)CCOC1. The fourth-order valence-corrected chi connectivity index (χ4v) is 3.14. The number of aryl methyl sites for hydroxylation is 2.